The monoisotopic (exact) mass is 474 g/mol. The second kappa shape index (κ2) is 9.82. The minimum Gasteiger partial charge on any atom is -0.480 e. The number of rotatable bonds is 8. The first kappa shape index (κ1) is 23.9. The van der Waals surface area contributed by atoms with Crippen LogP contribution in [0.4, 0.5) is 0 Å². The lowest BCUT2D eigenvalue weighted by Crippen LogP contribution is -2.42. The number of carbonyl (C=O) groups excluding carboxylic acids is 2. The van der Waals surface area contributed by atoms with Crippen molar-refractivity contribution in [3.63, 3.8) is 0 Å². The van der Waals surface area contributed by atoms with Gasteiger partial charge in [-0.15, -0.1) is 11.3 Å². The topological polar surface area (TPSA) is 134 Å². The first-order chi connectivity index (χ1) is 15.6. The van der Waals surface area contributed by atoms with Crippen molar-refractivity contribution in [1.29, 1.82) is 0 Å². The van der Waals surface area contributed by atoms with Gasteiger partial charge in [-0.2, -0.15) is 0 Å². The quantitative estimate of drug-likeness (QED) is 0.491. The fourth-order valence-corrected chi connectivity index (χ4v) is 4.66. The molecular formula is C22H22N2O8S. The molecule has 3 rings (SSSR count). The molecule has 1 aromatic carbocycles. The van der Waals surface area contributed by atoms with Crippen molar-refractivity contribution in [3.05, 3.63) is 67.2 Å². The summed E-state index contributed by atoms with van der Waals surface area (Å²) in [5.41, 5.74) is -0.820. The molecule has 1 unspecified atom stereocenters. The van der Waals surface area contributed by atoms with Crippen LogP contribution in [0, 0.1) is 6.92 Å². The Morgan fingerprint density at radius 2 is 1.79 bits per heavy atom. The van der Waals surface area contributed by atoms with Gasteiger partial charge in [0, 0.05) is 6.92 Å². The average molecular weight is 474 g/mol. The maximum Gasteiger partial charge on any atom is 0.348 e. The number of nitrogens with zero attached hydrogens (tertiary/aromatic N) is 2. The molecule has 2 aromatic heterocycles. The number of fused-ring (bicyclic) bond motifs is 1. The zero-order valence-corrected chi connectivity index (χ0v) is 19.0. The number of esters is 2. The molecule has 2 heterocycles. The molecule has 11 heteroatoms. The molecular weight excluding hydrogens is 452 g/mol. The van der Waals surface area contributed by atoms with Gasteiger partial charge in [-0.1, -0.05) is 30.3 Å². The lowest BCUT2D eigenvalue weighted by atomic mass is 10.1. The van der Waals surface area contributed by atoms with Gasteiger partial charge < -0.3 is 14.6 Å². The Morgan fingerprint density at radius 3 is 2.36 bits per heavy atom. The van der Waals surface area contributed by atoms with E-state index in [4.69, 9.17) is 9.47 Å². The number of carbonyl (C=O) groups is 3. The largest absolute Gasteiger partial charge is 0.480 e. The van der Waals surface area contributed by atoms with E-state index in [0.29, 0.717) is 10.1 Å². The summed E-state index contributed by atoms with van der Waals surface area (Å²) < 4.78 is 12.2. The number of hydrogen-bond donors (Lipinski definition) is 1. The summed E-state index contributed by atoms with van der Waals surface area (Å²) in [6.07, 6.45) is -0.895. The lowest BCUT2D eigenvalue weighted by Gasteiger charge is -2.20. The molecule has 174 valence electrons. The minimum absolute atomic E-state index is 0.0403. The van der Waals surface area contributed by atoms with Gasteiger partial charge in [0.05, 0.1) is 18.5 Å². The van der Waals surface area contributed by atoms with Gasteiger partial charge in [0.2, 0.25) is 0 Å². The van der Waals surface area contributed by atoms with Gasteiger partial charge in [-0.3, -0.25) is 19.0 Å². The van der Waals surface area contributed by atoms with E-state index in [1.165, 1.54) is 18.4 Å². The highest BCUT2D eigenvalue weighted by molar-refractivity contribution is 7.20. The molecule has 0 saturated carbocycles. The third kappa shape index (κ3) is 4.87. The van der Waals surface area contributed by atoms with E-state index in [9.17, 15) is 29.1 Å². The smallest absolute Gasteiger partial charge is 0.348 e. The Hall–Kier alpha value is -3.73. The van der Waals surface area contributed by atoms with Crippen molar-refractivity contribution in [3.8, 4) is 0 Å². The Bertz CT molecular complexity index is 1340. The predicted molar refractivity (Wildman–Crippen MR) is 120 cm³/mol. The standard InChI is InChI=1S/C22H22N2O8S/c1-4-31-21(29)18-12(2)17-19(28)23(11-16(26)27)22(30)24(20(17)33-18)10-15(32-13(3)25)14-8-6-5-7-9-14/h5-9,15H,4,10-11H2,1-3H3,(H,26,27). The highest BCUT2D eigenvalue weighted by Crippen LogP contribution is 2.30. The number of carboxylic acids is 1. The Kier molecular flexibility index (Phi) is 7.12. The number of hydrogen-bond acceptors (Lipinski definition) is 8. The van der Waals surface area contributed by atoms with E-state index >= 15 is 0 Å². The zero-order valence-electron chi connectivity index (χ0n) is 18.2. The van der Waals surface area contributed by atoms with E-state index < -0.39 is 41.8 Å². The fraction of sp³-hybridized carbons (Fsp3) is 0.318. The Morgan fingerprint density at radius 1 is 1.12 bits per heavy atom. The number of aromatic nitrogens is 2. The summed E-state index contributed by atoms with van der Waals surface area (Å²) in [4.78, 5) is 62.1. The van der Waals surface area contributed by atoms with Crippen LogP contribution in [-0.2, 0) is 32.2 Å². The molecule has 0 spiro atoms. The van der Waals surface area contributed by atoms with Crippen molar-refractivity contribution < 1.29 is 29.0 Å². The summed E-state index contributed by atoms with van der Waals surface area (Å²) in [5, 5.41) is 9.28. The highest BCUT2D eigenvalue weighted by Gasteiger charge is 2.26. The first-order valence-corrected chi connectivity index (χ1v) is 10.8. The van der Waals surface area contributed by atoms with Crippen LogP contribution < -0.4 is 11.2 Å². The normalized spacial score (nSPS) is 11.8. The molecule has 0 amide bonds. The third-order valence-corrected chi connectivity index (χ3v) is 6.17. The molecule has 0 bridgehead atoms. The molecule has 0 aliphatic carbocycles. The maximum atomic E-state index is 13.2. The second-order valence-corrected chi connectivity index (χ2v) is 8.14. The number of carboxylic acid groups (broad SMARTS) is 1. The summed E-state index contributed by atoms with van der Waals surface area (Å²) in [6.45, 7) is 3.47. The van der Waals surface area contributed by atoms with Gasteiger partial charge in [0.15, 0.2) is 0 Å². The zero-order chi connectivity index (χ0) is 24.3. The summed E-state index contributed by atoms with van der Waals surface area (Å²) in [6, 6.07) is 8.69. The Balaban J connectivity index is 2.30. The van der Waals surface area contributed by atoms with Gasteiger partial charge in [-0.25, -0.2) is 14.2 Å². The third-order valence-electron chi connectivity index (χ3n) is 4.88. The fourth-order valence-electron chi connectivity index (χ4n) is 3.47. The molecule has 3 aromatic rings. The van der Waals surface area contributed by atoms with E-state index in [0.717, 1.165) is 11.3 Å². The van der Waals surface area contributed by atoms with Crippen molar-refractivity contribution in [1.82, 2.24) is 9.13 Å². The summed E-state index contributed by atoms with van der Waals surface area (Å²) in [5.74, 6) is -2.61. The second-order valence-electron chi connectivity index (χ2n) is 7.14. The minimum atomic E-state index is -1.38. The average Bonchev–Trinajstić information content (AvgIpc) is 3.11. The van der Waals surface area contributed by atoms with Crippen LogP contribution in [0.3, 0.4) is 0 Å². The number of benzene rings is 1. The number of aryl methyl sites for hydroxylation is 1. The molecule has 10 nitrogen and oxygen atoms in total. The van der Waals surface area contributed by atoms with E-state index in [-0.39, 0.29) is 33.8 Å². The lowest BCUT2D eigenvalue weighted by molar-refractivity contribution is -0.147. The van der Waals surface area contributed by atoms with E-state index in [2.05, 4.69) is 0 Å². The summed E-state index contributed by atoms with van der Waals surface area (Å²) >= 11 is 0.898. The van der Waals surface area contributed by atoms with E-state index in [1.54, 1.807) is 37.3 Å². The van der Waals surface area contributed by atoms with Crippen molar-refractivity contribution in [2.24, 2.45) is 0 Å². The predicted octanol–water partition coefficient (Wildman–Crippen LogP) is 2.10. The van der Waals surface area contributed by atoms with Crippen LogP contribution in [0.2, 0.25) is 0 Å². The van der Waals surface area contributed by atoms with Crippen LogP contribution >= 0.6 is 11.3 Å². The summed E-state index contributed by atoms with van der Waals surface area (Å²) in [7, 11) is 0. The number of aliphatic carboxylic acids is 1. The molecule has 1 N–H and O–H groups in total. The van der Waals surface area contributed by atoms with Gasteiger partial charge in [0.25, 0.3) is 5.56 Å². The van der Waals surface area contributed by atoms with Gasteiger partial charge in [0.1, 0.15) is 22.4 Å². The first-order valence-electron chi connectivity index (χ1n) is 10.0. The SMILES string of the molecule is CCOC(=O)c1sc2c(c1C)c(=O)n(CC(=O)O)c(=O)n2CC(OC(C)=O)c1ccccc1. The molecule has 0 fully saturated rings. The van der Waals surface area contributed by atoms with Crippen LogP contribution in [0.15, 0.2) is 39.9 Å². The van der Waals surface area contributed by atoms with Gasteiger partial charge in [-0.05, 0) is 25.0 Å². The van der Waals surface area contributed by atoms with E-state index in [1.807, 2.05) is 0 Å². The molecule has 33 heavy (non-hydrogen) atoms. The molecule has 0 aliphatic rings. The maximum absolute atomic E-state index is 13.2. The van der Waals surface area contributed by atoms with Crippen LogP contribution in [0.25, 0.3) is 10.2 Å². The molecule has 0 saturated heterocycles. The molecule has 0 radical (unpaired) electrons. The van der Waals surface area contributed by atoms with Crippen LogP contribution in [0.5, 0.6) is 0 Å². The molecule has 1 atom stereocenters. The number of thiophene rings is 1. The number of ether oxygens (including phenoxy) is 2. The highest BCUT2D eigenvalue weighted by atomic mass is 32.1. The molecule has 0 aliphatic heterocycles. The van der Waals surface area contributed by atoms with Crippen molar-refractivity contribution in [2.45, 2.75) is 40.0 Å². The van der Waals surface area contributed by atoms with Gasteiger partial charge >= 0.3 is 23.6 Å². The Labute approximate surface area is 191 Å². The van der Waals surface area contributed by atoms with Crippen molar-refractivity contribution in [2.75, 3.05) is 6.61 Å². The van der Waals surface area contributed by atoms with Crippen molar-refractivity contribution >= 4 is 39.5 Å². The van der Waals surface area contributed by atoms with Crippen LogP contribution in [0.1, 0.15) is 40.8 Å². The van der Waals surface area contributed by atoms with Crippen LogP contribution in [-0.4, -0.2) is 38.8 Å².